The Labute approximate surface area is 551 Å². The van der Waals surface area contributed by atoms with Gasteiger partial charge in [-0.05, 0) is 109 Å². The van der Waals surface area contributed by atoms with Crippen LogP contribution in [-0.4, -0.2) is 99.6 Å². The van der Waals surface area contributed by atoms with Crippen molar-refractivity contribution in [3.05, 3.63) is 109 Å². The first kappa shape index (κ1) is 84.3. The number of hydrogen-bond acceptors (Lipinski definition) is 10. The lowest BCUT2D eigenvalue weighted by molar-refractivity contribution is -0.305. The lowest BCUT2D eigenvalue weighted by atomic mass is 9.99. The van der Waals surface area contributed by atoms with E-state index >= 15 is 0 Å². The molecule has 11 heteroatoms. The van der Waals surface area contributed by atoms with Crippen molar-refractivity contribution in [1.82, 2.24) is 5.32 Å². The minimum Gasteiger partial charge on any atom is -0.454 e. The van der Waals surface area contributed by atoms with Gasteiger partial charge in [-0.25, -0.2) is 0 Å². The van der Waals surface area contributed by atoms with Gasteiger partial charge < -0.3 is 45.1 Å². The van der Waals surface area contributed by atoms with Crippen LogP contribution in [-0.2, 0) is 23.8 Å². The monoisotopic (exact) mass is 1260 g/mol. The Bertz CT molecular complexity index is 1890. The van der Waals surface area contributed by atoms with E-state index in [2.05, 4.69) is 123 Å². The van der Waals surface area contributed by atoms with Gasteiger partial charge in [-0.3, -0.25) is 9.59 Å². The molecule has 90 heavy (non-hydrogen) atoms. The zero-order valence-electron chi connectivity index (χ0n) is 57.7. The van der Waals surface area contributed by atoms with Gasteiger partial charge in [-0.1, -0.05) is 310 Å². The number of unbranched alkanes of at least 4 members (excludes halogenated alkanes) is 33. The molecule has 8 unspecified atom stereocenters. The van der Waals surface area contributed by atoms with Gasteiger partial charge in [0.1, 0.15) is 24.4 Å². The highest BCUT2D eigenvalue weighted by Crippen LogP contribution is 2.26. The molecule has 0 radical (unpaired) electrons. The molecule has 1 rings (SSSR count). The summed E-state index contributed by atoms with van der Waals surface area (Å²) in [5, 5.41) is 57.3. The molecule has 1 aliphatic heterocycles. The zero-order valence-corrected chi connectivity index (χ0v) is 57.7. The number of nitrogens with one attached hydrogen (secondary N) is 1. The predicted molar refractivity (Wildman–Crippen MR) is 379 cm³/mol. The number of allylic oxidation sites excluding steroid dienone is 17. The first-order valence-electron chi connectivity index (χ1n) is 37.2. The van der Waals surface area contributed by atoms with Gasteiger partial charge in [-0.2, -0.15) is 0 Å². The molecule has 1 fully saturated rings. The third kappa shape index (κ3) is 51.8. The smallest absolute Gasteiger partial charge is 0.306 e. The Kier molecular flexibility index (Phi) is 61.3. The summed E-state index contributed by atoms with van der Waals surface area (Å²) in [6.45, 7) is 5.67. The van der Waals surface area contributed by atoms with Crippen molar-refractivity contribution in [1.29, 1.82) is 0 Å². The Morgan fingerprint density at radius 3 is 1.22 bits per heavy atom. The molecule has 0 aromatic carbocycles. The highest BCUT2D eigenvalue weighted by atomic mass is 16.7. The lowest BCUT2D eigenvalue weighted by Gasteiger charge is -2.41. The molecule has 1 heterocycles. The molecule has 1 amide bonds. The molecule has 1 saturated heterocycles. The molecule has 11 nitrogen and oxygen atoms in total. The average molecular weight is 1260 g/mol. The number of carbonyl (C=O) groups excluding carboxylic acids is 2. The van der Waals surface area contributed by atoms with Gasteiger partial charge in [0, 0.05) is 6.42 Å². The van der Waals surface area contributed by atoms with Crippen molar-refractivity contribution in [2.45, 2.75) is 365 Å². The van der Waals surface area contributed by atoms with E-state index in [0.29, 0.717) is 12.8 Å². The van der Waals surface area contributed by atoms with Crippen LogP contribution in [0.15, 0.2) is 109 Å². The highest BCUT2D eigenvalue weighted by molar-refractivity contribution is 5.80. The first-order valence-corrected chi connectivity index (χ1v) is 37.2. The minimum absolute atomic E-state index is 0.115. The highest BCUT2D eigenvalue weighted by Gasteiger charge is 2.47. The third-order valence-electron chi connectivity index (χ3n) is 16.9. The quantitative estimate of drug-likeness (QED) is 0.0195. The second-order valence-electron chi connectivity index (χ2n) is 25.3. The summed E-state index contributed by atoms with van der Waals surface area (Å²) in [5.74, 6) is -1.20. The van der Waals surface area contributed by atoms with Crippen LogP contribution in [0.1, 0.15) is 316 Å². The number of rotatable bonds is 63. The maximum Gasteiger partial charge on any atom is 0.306 e. The zero-order chi connectivity index (χ0) is 65.3. The molecule has 0 aliphatic carbocycles. The Balaban J connectivity index is 2.55. The third-order valence-corrected chi connectivity index (χ3v) is 16.9. The lowest BCUT2D eigenvalue weighted by Crippen LogP contribution is -2.61. The van der Waals surface area contributed by atoms with E-state index in [9.17, 15) is 35.1 Å². The maximum absolute atomic E-state index is 13.5. The van der Waals surface area contributed by atoms with Gasteiger partial charge in [0.2, 0.25) is 5.91 Å². The van der Waals surface area contributed by atoms with Crippen LogP contribution in [0, 0.1) is 0 Å². The summed E-state index contributed by atoms with van der Waals surface area (Å²) < 4.78 is 17.7. The fraction of sp³-hybridized carbons (Fsp3) is 0.747. The standard InChI is InChI=1S/C79H137NO10/c1-4-7-10-13-16-19-22-25-27-29-31-33-35-36-37-39-40-42-44-46-48-51-54-57-60-63-66-72(83)78(87)80-70(71(82)65-62-59-56-53-50-24-21-18-15-12-9-6-3)69-88-79-77(76(86)75(85)73(68-81)89-79)90-74(84)67-64-61-58-55-52-49-47-45-43-41-38-34-32-30-28-26-23-20-17-14-11-8-5-2/h7,10,16-17,19-20,25-28,31-34,36-37,62,65,70-73,75-77,79,81-83,85-86H,4-6,8-9,11-15,18,21-24,29-30,35,38-61,63-64,66-69H2,1-3H3,(H,80,87)/b10-7-,19-16-,20-17-,27-25-,28-26-,33-31-,34-32-,37-36-,65-62+. The largest absolute Gasteiger partial charge is 0.454 e. The van der Waals surface area contributed by atoms with Gasteiger partial charge >= 0.3 is 5.97 Å². The Hall–Kier alpha value is -3.68. The normalized spacial score (nSPS) is 18.7. The predicted octanol–water partition coefficient (Wildman–Crippen LogP) is 19.6. The second-order valence-corrected chi connectivity index (χ2v) is 25.3. The molecule has 518 valence electrons. The molecule has 1 aliphatic rings. The molecule has 0 saturated carbocycles. The molecular weight excluding hydrogens is 1120 g/mol. The fourth-order valence-electron chi connectivity index (χ4n) is 11.1. The van der Waals surface area contributed by atoms with Crippen molar-refractivity contribution in [2.75, 3.05) is 13.2 Å². The van der Waals surface area contributed by atoms with E-state index in [4.69, 9.17) is 14.2 Å². The molecule has 0 aromatic rings. The van der Waals surface area contributed by atoms with Gasteiger partial charge in [-0.15, -0.1) is 0 Å². The number of aliphatic hydroxyl groups excluding tert-OH is 5. The van der Waals surface area contributed by atoms with Gasteiger partial charge in [0.05, 0.1) is 25.4 Å². The van der Waals surface area contributed by atoms with E-state index in [0.717, 1.165) is 116 Å². The number of aliphatic hydroxyl groups is 5. The molecule has 8 atom stereocenters. The molecular formula is C79H137NO10. The van der Waals surface area contributed by atoms with Crippen LogP contribution >= 0.6 is 0 Å². The van der Waals surface area contributed by atoms with Crippen molar-refractivity contribution in [3.63, 3.8) is 0 Å². The maximum atomic E-state index is 13.5. The van der Waals surface area contributed by atoms with Gasteiger partial charge in [0.25, 0.3) is 0 Å². The number of amides is 1. The number of hydrogen-bond donors (Lipinski definition) is 6. The molecule has 6 N–H and O–H groups in total. The Morgan fingerprint density at radius 1 is 0.444 bits per heavy atom. The summed E-state index contributed by atoms with van der Waals surface area (Å²) in [6, 6.07) is -1.03. The summed E-state index contributed by atoms with van der Waals surface area (Å²) in [6.07, 6.45) is 79.8. The van der Waals surface area contributed by atoms with Crippen LogP contribution in [0.4, 0.5) is 0 Å². The van der Waals surface area contributed by atoms with Crippen LogP contribution in [0.5, 0.6) is 0 Å². The topological polar surface area (TPSA) is 175 Å². The van der Waals surface area contributed by atoms with E-state index < -0.39 is 67.4 Å². The molecule has 0 bridgehead atoms. The van der Waals surface area contributed by atoms with E-state index in [-0.39, 0.29) is 19.4 Å². The number of ether oxygens (including phenoxy) is 3. The van der Waals surface area contributed by atoms with Crippen LogP contribution in [0.3, 0.4) is 0 Å². The van der Waals surface area contributed by atoms with Crippen molar-refractivity contribution in [2.24, 2.45) is 0 Å². The van der Waals surface area contributed by atoms with Crippen molar-refractivity contribution >= 4 is 11.9 Å². The molecule has 0 aromatic heterocycles. The summed E-state index contributed by atoms with van der Waals surface area (Å²) >= 11 is 0. The van der Waals surface area contributed by atoms with Crippen LogP contribution in [0.25, 0.3) is 0 Å². The van der Waals surface area contributed by atoms with Crippen LogP contribution in [0.2, 0.25) is 0 Å². The number of carbonyl (C=O) groups is 2. The first-order chi connectivity index (χ1) is 44.2. The molecule has 0 spiro atoms. The van der Waals surface area contributed by atoms with Crippen LogP contribution < -0.4 is 5.32 Å². The Morgan fingerprint density at radius 2 is 0.800 bits per heavy atom. The average Bonchev–Trinajstić information content (AvgIpc) is 1.11. The minimum atomic E-state index is -1.62. The summed E-state index contributed by atoms with van der Waals surface area (Å²) in [4.78, 5) is 26.7. The summed E-state index contributed by atoms with van der Waals surface area (Å²) in [5.41, 5.74) is 0. The van der Waals surface area contributed by atoms with Crippen molar-refractivity contribution < 1.29 is 49.3 Å². The van der Waals surface area contributed by atoms with Crippen molar-refractivity contribution in [3.8, 4) is 0 Å². The SMILES string of the molecule is CC/C=C\C/C=C\C/C=C\C/C=C\C/C=C\CCCCCCCCCCCCC(O)C(=O)NC(COC1OC(CO)C(O)C(O)C1OC(=O)CCCCCCCCCCCC/C=C\C/C=C\C/C=C\CCCCC)C(O)/C=C/CCCCCCCCCCCC. The van der Waals surface area contributed by atoms with Gasteiger partial charge in [0.15, 0.2) is 12.4 Å². The van der Waals surface area contributed by atoms with E-state index in [1.165, 1.54) is 154 Å². The summed E-state index contributed by atoms with van der Waals surface area (Å²) in [7, 11) is 0. The number of esters is 1. The second kappa shape index (κ2) is 65.4. The van der Waals surface area contributed by atoms with E-state index in [1.54, 1.807) is 6.08 Å². The van der Waals surface area contributed by atoms with E-state index in [1.807, 2.05) is 6.08 Å². The fourth-order valence-corrected chi connectivity index (χ4v) is 11.1.